The molecule has 1 N–H and O–H groups in total. The molecule has 1 atom stereocenters. The number of ketones is 1. The summed E-state index contributed by atoms with van der Waals surface area (Å²) in [7, 11) is 0. The third-order valence-corrected chi connectivity index (χ3v) is 5.18. The van der Waals surface area contributed by atoms with Gasteiger partial charge in [-0.1, -0.05) is 30.0 Å². The van der Waals surface area contributed by atoms with Gasteiger partial charge in [0, 0.05) is 11.3 Å². The largest absolute Gasteiger partial charge is 0.325 e. The molecule has 2 aromatic carbocycles. The van der Waals surface area contributed by atoms with Gasteiger partial charge >= 0.3 is 0 Å². The van der Waals surface area contributed by atoms with Crippen molar-refractivity contribution >= 4 is 29.1 Å². The second-order valence-corrected chi connectivity index (χ2v) is 6.88. The van der Waals surface area contributed by atoms with Crippen molar-refractivity contribution in [2.75, 3.05) is 11.1 Å². The molecule has 0 aliphatic carbocycles. The molecule has 0 unspecified atom stereocenters. The summed E-state index contributed by atoms with van der Waals surface area (Å²) in [6.45, 7) is 1.83. The SMILES string of the molecule is C[C@H]1C(=O)Nc2ccc(C(=O)CSc3nnnn3-c3ccccc3)cc21. The number of nitrogens with zero attached hydrogens (tertiary/aromatic N) is 4. The number of hydrogen-bond donors (Lipinski definition) is 1. The molecule has 0 saturated carbocycles. The van der Waals surface area contributed by atoms with Gasteiger partial charge in [0.15, 0.2) is 5.78 Å². The van der Waals surface area contributed by atoms with Crippen LogP contribution in [0.5, 0.6) is 0 Å². The first-order valence-corrected chi connectivity index (χ1v) is 9.06. The Hall–Kier alpha value is -3.00. The van der Waals surface area contributed by atoms with Crippen molar-refractivity contribution in [3.63, 3.8) is 0 Å². The number of nitrogens with one attached hydrogen (secondary N) is 1. The molecule has 130 valence electrons. The van der Waals surface area contributed by atoms with Crippen LogP contribution in [-0.2, 0) is 4.79 Å². The van der Waals surface area contributed by atoms with Crippen LogP contribution in [-0.4, -0.2) is 37.7 Å². The van der Waals surface area contributed by atoms with Gasteiger partial charge in [0.2, 0.25) is 11.1 Å². The smallest absolute Gasteiger partial charge is 0.231 e. The summed E-state index contributed by atoms with van der Waals surface area (Å²) in [6, 6.07) is 14.8. The molecule has 0 spiro atoms. The van der Waals surface area contributed by atoms with Crippen LogP contribution in [0.3, 0.4) is 0 Å². The van der Waals surface area contributed by atoms with Gasteiger partial charge in [0.1, 0.15) is 0 Å². The number of benzene rings is 2. The summed E-state index contributed by atoms with van der Waals surface area (Å²) >= 11 is 1.28. The summed E-state index contributed by atoms with van der Waals surface area (Å²) in [4.78, 5) is 24.3. The molecule has 1 aliphatic rings. The highest BCUT2D eigenvalue weighted by Gasteiger charge is 2.27. The fraction of sp³-hybridized carbons (Fsp3) is 0.167. The molecule has 3 aromatic rings. The van der Waals surface area contributed by atoms with Crippen LogP contribution >= 0.6 is 11.8 Å². The van der Waals surface area contributed by atoms with Crippen LogP contribution in [0.2, 0.25) is 0 Å². The van der Waals surface area contributed by atoms with Gasteiger partial charge in [-0.15, -0.1) is 5.10 Å². The van der Waals surface area contributed by atoms with E-state index >= 15 is 0 Å². The number of amides is 1. The zero-order chi connectivity index (χ0) is 18.1. The summed E-state index contributed by atoms with van der Waals surface area (Å²) in [6.07, 6.45) is 0. The molecule has 1 aromatic heterocycles. The van der Waals surface area contributed by atoms with E-state index in [0.29, 0.717) is 10.7 Å². The highest BCUT2D eigenvalue weighted by atomic mass is 32.2. The van der Waals surface area contributed by atoms with Gasteiger partial charge in [-0.2, -0.15) is 4.68 Å². The Balaban J connectivity index is 1.49. The minimum Gasteiger partial charge on any atom is -0.325 e. The van der Waals surface area contributed by atoms with E-state index in [2.05, 4.69) is 20.8 Å². The Morgan fingerprint density at radius 2 is 2.04 bits per heavy atom. The Kier molecular flexibility index (Phi) is 4.26. The van der Waals surface area contributed by atoms with Crippen molar-refractivity contribution in [1.82, 2.24) is 20.2 Å². The predicted octanol–water partition coefficient (Wildman–Crippen LogP) is 2.69. The first kappa shape index (κ1) is 16.5. The molecule has 2 heterocycles. The molecule has 0 fully saturated rings. The van der Waals surface area contributed by atoms with Gasteiger partial charge in [-0.3, -0.25) is 9.59 Å². The van der Waals surface area contributed by atoms with E-state index in [1.54, 1.807) is 22.9 Å². The number of anilines is 1. The third-order valence-electron chi connectivity index (χ3n) is 4.27. The number of para-hydroxylation sites is 1. The Bertz CT molecular complexity index is 986. The van der Waals surface area contributed by atoms with Crippen LogP contribution in [0.25, 0.3) is 5.69 Å². The Labute approximate surface area is 153 Å². The molecule has 7 nitrogen and oxygen atoms in total. The molecule has 1 aliphatic heterocycles. The minimum absolute atomic E-state index is 0.0352. The lowest BCUT2D eigenvalue weighted by molar-refractivity contribution is -0.116. The number of aromatic nitrogens is 4. The highest BCUT2D eigenvalue weighted by molar-refractivity contribution is 7.99. The number of fused-ring (bicyclic) bond motifs is 1. The number of hydrogen-bond acceptors (Lipinski definition) is 6. The third kappa shape index (κ3) is 2.99. The average molecular weight is 365 g/mol. The molecule has 4 rings (SSSR count). The predicted molar refractivity (Wildman–Crippen MR) is 97.7 cm³/mol. The second kappa shape index (κ2) is 6.72. The fourth-order valence-corrected chi connectivity index (χ4v) is 3.59. The van der Waals surface area contributed by atoms with E-state index in [9.17, 15) is 9.59 Å². The van der Waals surface area contributed by atoms with Crippen LogP contribution in [0, 0.1) is 0 Å². The van der Waals surface area contributed by atoms with Gasteiger partial charge in [0.05, 0.1) is 17.4 Å². The molecule has 0 radical (unpaired) electrons. The number of thioether (sulfide) groups is 1. The van der Waals surface area contributed by atoms with Gasteiger partial charge in [-0.25, -0.2) is 0 Å². The van der Waals surface area contributed by atoms with Crippen molar-refractivity contribution in [3.05, 3.63) is 59.7 Å². The van der Waals surface area contributed by atoms with Crippen molar-refractivity contribution in [3.8, 4) is 5.69 Å². The lowest BCUT2D eigenvalue weighted by atomic mass is 9.99. The van der Waals surface area contributed by atoms with E-state index in [1.165, 1.54) is 11.8 Å². The molecular weight excluding hydrogens is 350 g/mol. The number of carbonyl (C=O) groups is 2. The van der Waals surface area contributed by atoms with E-state index in [0.717, 1.165) is 16.9 Å². The van der Waals surface area contributed by atoms with Crippen molar-refractivity contribution < 1.29 is 9.59 Å². The number of Topliss-reactive ketones (excluding diaryl/α,β-unsaturated/α-hetero) is 1. The monoisotopic (exact) mass is 365 g/mol. The van der Waals surface area contributed by atoms with E-state index < -0.39 is 0 Å². The normalized spacial score (nSPS) is 15.6. The maximum Gasteiger partial charge on any atom is 0.231 e. The summed E-state index contributed by atoms with van der Waals surface area (Å²) in [5.74, 6) is -0.106. The second-order valence-electron chi connectivity index (χ2n) is 5.93. The lowest BCUT2D eigenvalue weighted by Gasteiger charge is -2.06. The molecular formula is C18H15N5O2S. The first-order valence-electron chi connectivity index (χ1n) is 8.08. The van der Waals surface area contributed by atoms with E-state index in [1.807, 2.05) is 37.3 Å². The van der Waals surface area contributed by atoms with Crippen LogP contribution < -0.4 is 5.32 Å². The average Bonchev–Trinajstić information content (AvgIpc) is 3.25. The number of rotatable bonds is 5. The maximum atomic E-state index is 12.6. The number of tetrazole rings is 1. The fourth-order valence-electron chi connectivity index (χ4n) is 2.80. The molecule has 8 heteroatoms. The van der Waals surface area contributed by atoms with Crippen molar-refractivity contribution in [2.24, 2.45) is 0 Å². The summed E-state index contributed by atoms with van der Waals surface area (Å²) < 4.78 is 1.60. The molecule has 26 heavy (non-hydrogen) atoms. The molecule has 0 bridgehead atoms. The van der Waals surface area contributed by atoms with Crippen molar-refractivity contribution in [2.45, 2.75) is 18.0 Å². The van der Waals surface area contributed by atoms with Crippen molar-refractivity contribution in [1.29, 1.82) is 0 Å². The Morgan fingerprint density at radius 3 is 2.85 bits per heavy atom. The molecule has 1 amide bonds. The first-order chi connectivity index (χ1) is 12.6. The van der Waals surface area contributed by atoms with Gasteiger partial charge in [-0.05, 0) is 53.2 Å². The zero-order valence-electron chi connectivity index (χ0n) is 13.9. The highest BCUT2D eigenvalue weighted by Crippen LogP contribution is 2.33. The van der Waals surface area contributed by atoms with Crippen LogP contribution in [0.15, 0.2) is 53.7 Å². The van der Waals surface area contributed by atoms with E-state index in [-0.39, 0.29) is 23.4 Å². The van der Waals surface area contributed by atoms with Crippen LogP contribution in [0.4, 0.5) is 5.69 Å². The summed E-state index contributed by atoms with van der Waals surface area (Å²) in [5.41, 5.74) is 3.06. The van der Waals surface area contributed by atoms with Gasteiger partial charge in [0.25, 0.3) is 0 Å². The molecule has 0 saturated heterocycles. The van der Waals surface area contributed by atoms with E-state index in [4.69, 9.17) is 0 Å². The standard InChI is InChI=1S/C18H15N5O2S/c1-11-14-9-12(7-8-15(14)19-17(11)25)16(24)10-26-18-20-21-22-23(18)13-5-3-2-4-6-13/h2-9,11H,10H2,1H3,(H,19,25)/t11-/m1/s1. The van der Waals surface area contributed by atoms with Gasteiger partial charge < -0.3 is 5.32 Å². The Morgan fingerprint density at radius 1 is 1.23 bits per heavy atom. The number of carbonyl (C=O) groups excluding carboxylic acids is 2. The zero-order valence-corrected chi connectivity index (χ0v) is 14.7. The quantitative estimate of drug-likeness (QED) is 0.552. The topological polar surface area (TPSA) is 89.8 Å². The summed E-state index contributed by atoms with van der Waals surface area (Å²) in [5, 5.41) is 15.0. The lowest BCUT2D eigenvalue weighted by Crippen LogP contribution is -2.08. The minimum atomic E-state index is -0.240. The maximum absolute atomic E-state index is 12.6. The van der Waals surface area contributed by atoms with Crippen LogP contribution in [0.1, 0.15) is 28.8 Å².